The molecule has 0 bridgehead atoms. The highest BCUT2D eigenvalue weighted by atomic mass is 16.3. The van der Waals surface area contributed by atoms with Crippen molar-refractivity contribution in [2.45, 2.75) is 64.4 Å². The molecule has 1 aromatic rings. The number of hydrogen-bond donors (Lipinski definition) is 3. The Bertz CT molecular complexity index is 1370. The molecule has 0 aromatic heterocycles. The molecule has 4 N–H and O–H groups in total. The van der Waals surface area contributed by atoms with E-state index in [-0.39, 0.29) is 29.5 Å². The molecule has 2 unspecified atom stereocenters. The first kappa shape index (κ1) is 28.0. The second-order valence-electron chi connectivity index (χ2n) is 12.2. The first-order valence-electron chi connectivity index (χ1n) is 13.9. The van der Waals surface area contributed by atoms with Crippen molar-refractivity contribution in [1.29, 1.82) is 0 Å². The second-order valence-corrected chi connectivity index (χ2v) is 12.2. The van der Waals surface area contributed by atoms with Crippen LogP contribution in [0.15, 0.2) is 12.1 Å². The first-order valence-corrected chi connectivity index (χ1v) is 13.9. The minimum absolute atomic E-state index is 0.00606. The zero-order valence-electron chi connectivity index (χ0n) is 22.5. The van der Waals surface area contributed by atoms with Gasteiger partial charge in [-0.25, -0.2) is 0 Å². The highest BCUT2D eigenvalue weighted by molar-refractivity contribution is 6.45. The molecule has 0 spiro atoms. The van der Waals surface area contributed by atoms with Crippen LogP contribution < -0.4 is 5.73 Å². The standard InChI is InChI=1S/C30H33NO9/c1-12(2)19-17-11-14-10-16-15(24(34)23(33)13-6-4-3-5-7-13)8-9-18(32)21(16)26(36)20(14)27(37)30(17,40)28(38)22(25(19)35)29(31)39/h8-9,12-14,17,19-20,22,32,40H,3-7,10-11H2,1-2H3,(H2,31,39)/t14-,17-,19-,20?,22?,30-/m0/s1. The number of carbonyl (C=O) groups is 7. The van der Waals surface area contributed by atoms with Crippen LogP contribution in [0.2, 0.25) is 0 Å². The van der Waals surface area contributed by atoms with E-state index in [4.69, 9.17) is 5.73 Å². The van der Waals surface area contributed by atoms with Gasteiger partial charge < -0.3 is 15.9 Å². The van der Waals surface area contributed by atoms with Gasteiger partial charge in [-0.3, -0.25) is 33.6 Å². The molecule has 1 amide bonds. The molecule has 4 aliphatic carbocycles. The summed E-state index contributed by atoms with van der Waals surface area (Å²) < 4.78 is 0. The predicted octanol–water partition coefficient (Wildman–Crippen LogP) is 1.54. The number of phenolic OH excluding ortho intramolecular Hbond substituents is 1. The number of fused-ring (bicyclic) bond motifs is 3. The molecule has 5 rings (SSSR count). The van der Waals surface area contributed by atoms with Gasteiger partial charge in [0.15, 0.2) is 34.7 Å². The van der Waals surface area contributed by atoms with Crippen molar-refractivity contribution in [3.63, 3.8) is 0 Å². The van der Waals surface area contributed by atoms with Crippen LogP contribution in [0, 0.1) is 41.4 Å². The Kier molecular flexibility index (Phi) is 6.89. The first-order chi connectivity index (χ1) is 18.8. The molecule has 4 aliphatic rings. The van der Waals surface area contributed by atoms with Crippen LogP contribution >= 0.6 is 0 Å². The molecule has 3 fully saturated rings. The molecular formula is C30H33NO9. The average molecular weight is 552 g/mol. The summed E-state index contributed by atoms with van der Waals surface area (Å²) >= 11 is 0. The summed E-state index contributed by atoms with van der Waals surface area (Å²) in [6.07, 6.45) is 3.75. The van der Waals surface area contributed by atoms with Gasteiger partial charge in [0.1, 0.15) is 5.75 Å². The Labute approximate surface area is 230 Å². The normalized spacial score (nSPS) is 32.4. The number of rotatable bonds is 5. The number of primary amides is 1. The van der Waals surface area contributed by atoms with E-state index < -0.39 is 93.4 Å². The van der Waals surface area contributed by atoms with E-state index in [1.165, 1.54) is 6.07 Å². The lowest BCUT2D eigenvalue weighted by Gasteiger charge is -2.52. The molecule has 40 heavy (non-hydrogen) atoms. The molecule has 6 atom stereocenters. The number of nitrogens with two attached hydrogens (primary N) is 1. The fraction of sp³-hybridized carbons (Fsp3) is 0.567. The smallest absolute Gasteiger partial charge is 0.235 e. The van der Waals surface area contributed by atoms with E-state index in [1.807, 2.05) is 0 Å². The summed E-state index contributed by atoms with van der Waals surface area (Å²) in [6, 6.07) is 2.44. The average Bonchev–Trinajstić information content (AvgIpc) is 2.90. The van der Waals surface area contributed by atoms with E-state index in [0.29, 0.717) is 12.8 Å². The lowest BCUT2D eigenvalue weighted by Crippen LogP contribution is -2.71. The van der Waals surface area contributed by atoms with Crippen molar-refractivity contribution in [3.05, 3.63) is 28.8 Å². The summed E-state index contributed by atoms with van der Waals surface area (Å²) in [7, 11) is 0. The number of carbonyl (C=O) groups excluding carboxylic acids is 7. The van der Waals surface area contributed by atoms with Gasteiger partial charge in [-0.05, 0) is 55.2 Å². The molecule has 0 aliphatic heterocycles. The SMILES string of the molecule is CC(C)[C@@H]1C(=O)C(C(N)=O)C(=O)[C@@]2(O)C(=O)C3C(=O)c4c(O)ccc(C(=O)C(=O)C5CCCCC5)c4C[C@H]3C[C@@H]12. The van der Waals surface area contributed by atoms with Crippen LogP contribution in [-0.4, -0.2) is 56.4 Å². The van der Waals surface area contributed by atoms with Crippen LogP contribution in [0.1, 0.15) is 78.7 Å². The summed E-state index contributed by atoms with van der Waals surface area (Å²) in [4.78, 5) is 92.8. The van der Waals surface area contributed by atoms with Gasteiger partial charge in [0, 0.05) is 23.3 Å². The van der Waals surface area contributed by atoms with Gasteiger partial charge in [-0.1, -0.05) is 33.1 Å². The Balaban J connectivity index is 1.58. The maximum Gasteiger partial charge on any atom is 0.235 e. The van der Waals surface area contributed by atoms with Gasteiger partial charge in [0.25, 0.3) is 0 Å². The zero-order valence-corrected chi connectivity index (χ0v) is 22.5. The maximum atomic E-state index is 13.9. The number of amides is 1. The van der Waals surface area contributed by atoms with Crippen LogP contribution in [0.3, 0.4) is 0 Å². The molecule has 0 saturated heterocycles. The van der Waals surface area contributed by atoms with Crippen LogP contribution in [0.5, 0.6) is 5.75 Å². The van der Waals surface area contributed by atoms with Gasteiger partial charge in [0.2, 0.25) is 17.5 Å². The van der Waals surface area contributed by atoms with Gasteiger partial charge in [0.05, 0.1) is 11.5 Å². The molecule has 212 valence electrons. The van der Waals surface area contributed by atoms with Crippen LogP contribution in [0.25, 0.3) is 0 Å². The fourth-order valence-electron chi connectivity index (χ4n) is 7.75. The second kappa shape index (κ2) is 9.83. The lowest BCUT2D eigenvalue weighted by atomic mass is 9.49. The maximum absolute atomic E-state index is 13.9. The van der Waals surface area contributed by atoms with Crippen LogP contribution in [0.4, 0.5) is 0 Å². The van der Waals surface area contributed by atoms with Crippen molar-refractivity contribution >= 4 is 40.6 Å². The number of Topliss-reactive ketones (excluding diaryl/α,β-unsaturated/α-hetero) is 6. The minimum atomic E-state index is -2.78. The number of aliphatic hydroxyl groups is 1. The Morgan fingerprint density at radius 2 is 1.65 bits per heavy atom. The summed E-state index contributed by atoms with van der Waals surface area (Å²) in [6.45, 7) is 3.33. The van der Waals surface area contributed by atoms with E-state index >= 15 is 0 Å². The Hall–Kier alpha value is -3.53. The largest absolute Gasteiger partial charge is 0.507 e. The molecular weight excluding hydrogens is 518 g/mol. The molecule has 10 heteroatoms. The molecule has 0 radical (unpaired) electrons. The Morgan fingerprint density at radius 3 is 2.25 bits per heavy atom. The third-order valence-electron chi connectivity index (χ3n) is 9.64. The predicted molar refractivity (Wildman–Crippen MR) is 138 cm³/mol. The van der Waals surface area contributed by atoms with Gasteiger partial charge >= 0.3 is 0 Å². The van der Waals surface area contributed by atoms with E-state index in [1.54, 1.807) is 13.8 Å². The summed E-state index contributed by atoms with van der Waals surface area (Å²) in [5.41, 5.74) is 2.42. The quantitative estimate of drug-likeness (QED) is 0.277. The summed E-state index contributed by atoms with van der Waals surface area (Å²) in [5, 5.41) is 22.3. The van der Waals surface area contributed by atoms with E-state index in [9.17, 15) is 43.8 Å². The minimum Gasteiger partial charge on any atom is -0.507 e. The third kappa shape index (κ3) is 3.90. The highest BCUT2D eigenvalue weighted by Crippen LogP contribution is 2.53. The van der Waals surface area contributed by atoms with Crippen LogP contribution in [-0.2, 0) is 30.4 Å². The molecule has 1 aromatic carbocycles. The molecule has 3 saturated carbocycles. The van der Waals surface area contributed by atoms with Crippen molar-refractivity contribution in [1.82, 2.24) is 0 Å². The fourth-order valence-corrected chi connectivity index (χ4v) is 7.75. The van der Waals surface area contributed by atoms with E-state index in [0.717, 1.165) is 25.3 Å². The number of aromatic hydroxyl groups is 1. The van der Waals surface area contributed by atoms with Crippen molar-refractivity contribution < 1.29 is 43.8 Å². The Morgan fingerprint density at radius 1 is 1.00 bits per heavy atom. The van der Waals surface area contributed by atoms with E-state index in [2.05, 4.69) is 0 Å². The number of hydrogen-bond acceptors (Lipinski definition) is 9. The van der Waals surface area contributed by atoms with Crippen molar-refractivity contribution in [2.75, 3.05) is 0 Å². The van der Waals surface area contributed by atoms with Crippen molar-refractivity contribution in [3.8, 4) is 5.75 Å². The topological polar surface area (TPSA) is 186 Å². The van der Waals surface area contributed by atoms with Gasteiger partial charge in [-0.2, -0.15) is 0 Å². The summed E-state index contributed by atoms with van der Waals surface area (Å²) in [5.74, 6) is -14.6. The molecule has 10 nitrogen and oxygen atoms in total. The number of ketones is 6. The van der Waals surface area contributed by atoms with Gasteiger partial charge in [-0.15, -0.1) is 0 Å². The number of benzene rings is 1. The highest BCUT2D eigenvalue weighted by Gasteiger charge is 2.69. The van der Waals surface area contributed by atoms with Crippen molar-refractivity contribution in [2.24, 2.45) is 47.2 Å². The monoisotopic (exact) mass is 551 g/mol. The third-order valence-corrected chi connectivity index (χ3v) is 9.64. The number of phenols is 1. The molecule has 0 heterocycles. The lowest BCUT2D eigenvalue weighted by molar-refractivity contribution is -0.182. The zero-order chi connectivity index (χ0) is 29.3.